The van der Waals surface area contributed by atoms with Gasteiger partial charge in [-0.2, -0.15) is 0 Å². The number of fused-ring (bicyclic) bond motifs is 1. The van der Waals surface area contributed by atoms with Gasteiger partial charge in [0.15, 0.2) is 0 Å². The van der Waals surface area contributed by atoms with Crippen LogP contribution in [0.3, 0.4) is 0 Å². The first-order valence-corrected chi connectivity index (χ1v) is 9.72. The van der Waals surface area contributed by atoms with E-state index in [9.17, 15) is 0 Å². The molecule has 2 aromatic rings. The maximum absolute atomic E-state index is 5.08. The Bertz CT molecular complexity index is 880. The molecule has 0 saturated heterocycles. The highest BCUT2D eigenvalue weighted by molar-refractivity contribution is 5.83. The third-order valence-electron chi connectivity index (χ3n) is 4.73. The average molecular weight is 364 g/mol. The first-order valence-electron chi connectivity index (χ1n) is 9.72. The number of hydrogen-bond acceptors (Lipinski definition) is 3. The largest absolute Gasteiger partial charge is 0.383 e. The minimum atomic E-state index is 0.680. The number of benzene rings is 1. The fourth-order valence-electron chi connectivity index (χ4n) is 3.32. The van der Waals surface area contributed by atoms with Gasteiger partial charge in [-0.3, -0.25) is 0 Å². The SMILES string of the molecule is CCn1c(C#CCNC2=CC=CCC2)cc2cc(CNCCOC)ccc21. The van der Waals surface area contributed by atoms with Gasteiger partial charge in [0.2, 0.25) is 0 Å². The molecule has 3 rings (SSSR count). The molecule has 0 aliphatic heterocycles. The summed E-state index contributed by atoms with van der Waals surface area (Å²) < 4.78 is 7.36. The van der Waals surface area contributed by atoms with Gasteiger partial charge in [0.1, 0.15) is 0 Å². The number of hydrogen-bond donors (Lipinski definition) is 2. The Morgan fingerprint density at radius 1 is 1.26 bits per heavy atom. The smallest absolute Gasteiger partial charge is 0.0931 e. The molecule has 4 heteroatoms. The van der Waals surface area contributed by atoms with Crippen molar-refractivity contribution in [3.63, 3.8) is 0 Å². The molecular weight excluding hydrogens is 334 g/mol. The van der Waals surface area contributed by atoms with Crippen LogP contribution in [0.5, 0.6) is 0 Å². The number of nitrogens with one attached hydrogen (secondary N) is 2. The zero-order valence-corrected chi connectivity index (χ0v) is 16.3. The maximum atomic E-state index is 5.08. The number of allylic oxidation sites excluding steroid dienone is 4. The monoisotopic (exact) mass is 363 g/mol. The highest BCUT2D eigenvalue weighted by Gasteiger charge is 2.06. The van der Waals surface area contributed by atoms with E-state index >= 15 is 0 Å². The molecule has 2 N–H and O–H groups in total. The lowest BCUT2D eigenvalue weighted by molar-refractivity contribution is 0.199. The van der Waals surface area contributed by atoms with E-state index in [1.165, 1.54) is 22.2 Å². The molecule has 4 nitrogen and oxygen atoms in total. The summed E-state index contributed by atoms with van der Waals surface area (Å²) >= 11 is 0. The van der Waals surface area contributed by atoms with Gasteiger partial charge in [-0.25, -0.2) is 0 Å². The summed E-state index contributed by atoms with van der Waals surface area (Å²) in [5.74, 6) is 6.62. The molecule has 0 radical (unpaired) electrons. The molecule has 0 spiro atoms. The Morgan fingerprint density at radius 3 is 2.96 bits per heavy atom. The van der Waals surface area contributed by atoms with Crippen LogP contribution in [0.15, 0.2) is 48.2 Å². The van der Waals surface area contributed by atoms with Gasteiger partial charge in [-0.15, -0.1) is 0 Å². The highest BCUT2D eigenvalue weighted by Crippen LogP contribution is 2.21. The number of methoxy groups -OCH3 is 1. The number of rotatable bonds is 8. The van der Waals surface area contributed by atoms with Crippen molar-refractivity contribution in [2.24, 2.45) is 0 Å². The Hall–Kier alpha value is -2.48. The van der Waals surface area contributed by atoms with Crippen molar-refractivity contribution in [3.8, 4) is 11.8 Å². The predicted molar refractivity (Wildman–Crippen MR) is 113 cm³/mol. The molecule has 27 heavy (non-hydrogen) atoms. The van der Waals surface area contributed by atoms with Crippen LogP contribution in [0.2, 0.25) is 0 Å². The lowest BCUT2D eigenvalue weighted by Gasteiger charge is -2.09. The molecule has 0 amide bonds. The van der Waals surface area contributed by atoms with Gasteiger partial charge in [0.25, 0.3) is 0 Å². The molecule has 1 aromatic carbocycles. The van der Waals surface area contributed by atoms with E-state index in [4.69, 9.17) is 4.74 Å². The van der Waals surface area contributed by atoms with Crippen LogP contribution in [0.1, 0.15) is 31.0 Å². The summed E-state index contributed by atoms with van der Waals surface area (Å²) in [5, 5.41) is 8.06. The molecule has 1 aliphatic carbocycles. The molecular formula is C23H29N3O. The van der Waals surface area contributed by atoms with Crippen molar-refractivity contribution in [3.05, 3.63) is 59.4 Å². The van der Waals surface area contributed by atoms with Gasteiger partial charge >= 0.3 is 0 Å². The third-order valence-corrected chi connectivity index (χ3v) is 4.73. The van der Waals surface area contributed by atoms with E-state index in [1.807, 2.05) is 0 Å². The molecule has 0 atom stereocenters. The second-order valence-electron chi connectivity index (χ2n) is 6.65. The predicted octanol–water partition coefficient (Wildman–Crippen LogP) is 3.57. The van der Waals surface area contributed by atoms with Crippen LogP contribution < -0.4 is 10.6 Å². The van der Waals surface area contributed by atoms with E-state index in [0.717, 1.165) is 44.8 Å². The third kappa shape index (κ3) is 5.26. The summed E-state index contributed by atoms with van der Waals surface area (Å²) in [6.45, 7) is 6.21. The van der Waals surface area contributed by atoms with Gasteiger partial charge in [0.05, 0.1) is 18.8 Å². The Morgan fingerprint density at radius 2 is 2.19 bits per heavy atom. The zero-order valence-electron chi connectivity index (χ0n) is 16.3. The van der Waals surface area contributed by atoms with E-state index in [0.29, 0.717) is 6.54 Å². The second-order valence-corrected chi connectivity index (χ2v) is 6.65. The average Bonchev–Trinajstić information content (AvgIpc) is 3.06. The first-order chi connectivity index (χ1) is 13.3. The van der Waals surface area contributed by atoms with Gasteiger partial charge in [0, 0.05) is 43.3 Å². The molecule has 0 saturated carbocycles. The van der Waals surface area contributed by atoms with E-state index in [2.05, 4.69) is 76.5 Å². The van der Waals surface area contributed by atoms with Crippen LogP contribution in [-0.2, 0) is 17.8 Å². The number of aryl methyl sites for hydroxylation is 1. The molecule has 1 heterocycles. The van der Waals surface area contributed by atoms with Crippen LogP contribution >= 0.6 is 0 Å². The van der Waals surface area contributed by atoms with Crippen molar-refractivity contribution in [2.45, 2.75) is 32.9 Å². The van der Waals surface area contributed by atoms with Crippen LogP contribution in [0, 0.1) is 11.8 Å². The molecule has 0 unspecified atom stereocenters. The maximum Gasteiger partial charge on any atom is 0.0931 e. The fraction of sp³-hybridized carbons (Fsp3) is 0.391. The van der Waals surface area contributed by atoms with E-state index in [1.54, 1.807) is 7.11 Å². The molecule has 142 valence electrons. The minimum Gasteiger partial charge on any atom is -0.383 e. The Kier molecular flexibility index (Phi) is 7.15. The lowest BCUT2D eigenvalue weighted by atomic mass is 10.1. The summed E-state index contributed by atoms with van der Waals surface area (Å²) in [5.41, 5.74) is 4.88. The van der Waals surface area contributed by atoms with E-state index < -0.39 is 0 Å². The van der Waals surface area contributed by atoms with E-state index in [-0.39, 0.29) is 0 Å². The topological polar surface area (TPSA) is 38.2 Å². The van der Waals surface area contributed by atoms with Crippen molar-refractivity contribution in [2.75, 3.05) is 26.8 Å². The molecule has 1 aliphatic rings. The lowest BCUT2D eigenvalue weighted by Crippen LogP contribution is -2.18. The molecule has 0 fully saturated rings. The van der Waals surface area contributed by atoms with Crippen LogP contribution in [-0.4, -0.2) is 31.4 Å². The highest BCUT2D eigenvalue weighted by atomic mass is 16.5. The standard InChI is InChI=1S/C23H29N3O/c1-3-26-22(10-7-13-25-21-8-5-4-6-9-21)17-20-16-19(11-12-23(20)26)18-24-14-15-27-2/h4-5,8,11-12,16-17,24-25H,3,6,9,13-15,18H2,1-2H3. The van der Waals surface area contributed by atoms with Crippen LogP contribution in [0.25, 0.3) is 10.9 Å². The van der Waals surface area contributed by atoms with Gasteiger partial charge in [-0.1, -0.05) is 24.1 Å². The zero-order chi connectivity index (χ0) is 18.9. The number of ether oxygens (including phenoxy) is 1. The number of nitrogens with zero attached hydrogens (tertiary/aromatic N) is 1. The van der Waals surface area contributed by atoms with Crippen molar-refractivity contribution >= 4 is 10.9 Å². The summed E-state index contributed by atoms with van der Waals surface area (Å²) in [6, 6.07) is 8.85. The van der Waals surface area contributed by atoms with Crippen molar-refractivity contribution in [1.82, 2.24) is 15.2 Å². The Balaban J connectivity index is 1.68. The minimum absolute atomic E-state index is 0.680. The van der Waals surface area contributed by atoms with Crippen molar-refractivity contribution < 1.29 is 4.74 Å². The second kappa shape index (κ2) is 10.0. The molecule has 1 aromatic heterocycles. The van der Waals surface area contributed by atoms with Gasteiger partial charge in [-0.05, 0) is 55.5 Å². The molecule has 0 bridgehead atoms. The normalized spacial score (nSPS) is 13.3. The van der Waals surface area contributed by atoms with Gasteiger partial charge < -0.3 is 19.9 Å². The Labute approximate surface area is 162 Å². The van der Waals surface area contributed by atoms with Crippen molar-refractivity contribution in [1.29, 1.82) is 0 Å². The summed E-state index contributed by atoms with van der Waals surface area (Å²) in [4.78, 5) is 0. The fourth-order valence-corrected chi connectivity index (χ4v) is 3.32. The quantitative estimate of drug-likeness (QED) is 0.556. The summed E-state index contributed by atoms with van der Waals surface area (Å²) in [6.07, 6.45) is 8.62. The number of aromatic nitrogens is 1. The van der Waals surface area contributed by atoms with Crippen LogP contribution in [0.4, 0.5) is 0 Å². The summed E-state index contributed by atoms with van der Waals surface area (Å²) in [7, 11) is 1.72. The first kappa shape index (κ1) is 19.3.